The normalized spacial score (nSPS) is 15.8. The number of nitrogens with one attached hydrogen (secondary N) is 1. The van der Waals surface area contributed by atoms with Gasteiger partial charge in [0, 0.05) is 24.3 Å². The lowest BCUT2D eigenvalue weighted by Gasteiger charge is -2.26. The van der Waals surface area contributed by atoms with Crippen LogP contribution in [0.1, 0.15) is 49.1 Å². The molecule has 2 heterocycles. The van der Waals surface area contributed by atoms with Crippen molar-refractivity contribution in [1.82, 2.24) is 10.3 Å². The number of hydrogen-bond donors (Lipinski definition) is 4. The van der Waals surface area contributed by atoms with Gasteiger partial charge in [-0.25, -0.2) is 14.6 Å². The fourth-order valence-electron chi connectivity index (χ4n) is 2.77. The van der Waals surface area contributed by atoms with Gasteiger partial charge in [-0.3, -0.25) is 0 Å². The van der Waals surface area contributed by atoms with Crippen LogP contribution in [0.2, 0.25) is 0 Å². The maximum Gasteiger partial charge on any atom is 0.328 e. The van der Waals surface area contributed by atoms with Gasteiger partial charge in [-0.1, -0.05) is 43.7 Å². The second-order valence-corrected chi connectivity index (χ2v) is 6.94. The fraction of sp³-hybridized carbons (Fsp3) is 0.348. The number of ether oxygens (including phenoxy) is 2. The van der Waals surface area contributed by atoms with Crippen molar-refractivity contribution in [1.29, 1.82) is 0 Å². The minimum Gasteiger partial charge on any atom is -0.478 e. The molecule has 3 rings (SSSR count). The molecule has 9 heteroatoms. The van der Waals surface area contributed by atoms with Gasteiger partial charge in [-0.15, -0.1) is 0 Å². The molecule has 0 saturated carbocycles. The van der Waals surface area contributed by atoms with Gasteiger partial charge in [-0.2, -0.15) is 0 Å². The van der Waals surface area contributed by atoms with E-state index in [1.54, 1.807) is 0 Å². The number of pyridine rings is 1. The molecule has 0 spiro atoms. The molecule has 0 saturated heterocycles. The average molecular weight is 444 g/mol. The molecule has 0 bridgehead atoms. The van der Waals surface area contributed by atoms with Crippen LogP contribution in [0.25, 0.3) is 0 Å². The van der Waals surface area contributed by atoms with E-state index in [2.05, 4.69) is 17.2 Å². The van der Waals surface area contributed by atoms with Crippen molar-refractivity contribution in [2.75, 3.05) is 13.1 Å². The number of aliphatic carboxylic acids is 2. The Balaban J connectivity index is 0.000000390. The predicted octanol–water partition coefficient (Wildman–Crippen LogP) is 2.82. The Hall–Kier alpha value is -3.27. The molecule has 1 aromatic carbocycles. The Labute approximate surface area is 186 Å². The smallest absolute Gasteiger partial charge is 0.328 e. The van der Waals surface area contributed by atoms with Crippen LogP contribution in [0, 0.1) is 0 Å². The largest absolute Gasteiger partial charge is 0.478 e. The number of aliphatic hydroxyl groups excluding tert-OH is 1. The number of aromatic nitrogens is 1. The third kappa shape index (κ3) is 8.46. The molecule has 0 amide bonds. The average Bonchev–Trinajstić information content (AvgIpc) is 2.80. The number of nitrogens with zero attached hydrogens (tertiary/aromatic N) is 1. The molecule has 1 aliphatic rings. The SMILES string of the molecule is CCCCNCC(O)c1ccc2c(n1)COC(c1ccccc1)O2.O=C(O)/C=C\C(=O)O. The third-order valence-electron chi connectivity index (χ3n) is 4.39. The van der Waals surface area contributed by atoms with Crippen molar-refractivity contribution in [2.24, 2.45) is 0 Å². The van der Waals surface area contributed by atoms with Gasteiger partial charge < -0.3 is 30.1 Å². The van der Waals surface area contributed by atoms with Crippen LogP contribution in [-0.4, -0.2) is 45.3 Å². The lowest BCUT2D eigenvalue weighted by atomic mass is 10.1. The van der Waals surface area contributed by atoms with E-state index >= 15 is 0 Å². The molecule has 2 aromatic rings. The standard InChI is InChI=1S/C19H24N2O3.C4H4O4/c1-2-3-11-20-12-17(22)15-9-10-18-16(21-15)13-23-19(24-18)14-7-5-4-6-8-14;5-3(6)1-2-4(7)8/h4-10,17,19-20,22H,2-3,11-13H2,1H3;1-2H,(H,5,6)(H,7,8)/b;2-1-. The number of benzene rings is 1. The van der Waals surface area contributed by atoms with Gasteiger partial charge in [0.25, 0.3) is 0 Å². The van der Waals surface area contributed by atoms with Crippen molar-refractivity contribution >= 4 is 11.9 Å². The quantitative estimate of drug-likeness (QED) is 0.340. The number of carboxylic acids is 2. The van der Waals surface area contributed by atoms with E-state index in [-0.39, 0.29) is 0 Å². The first-order valence-electron chi connectivity index (χ1n) is 10.3. The molecular weight excluding hydrogens is 416 g/mol. The molecule has 32 heavy (non-hydrogen) atoms. The predicted molar refractivity (Wildman–Crippen MR) is 116 cm³/mol. The topological polar surface area (TPSA) is 138 Å². The number of carboxylic acid groups (broad SMARTS) is 2. The fourth-order valence-corrected chi connectivity index (χ4v) is 2.77. The number of aliphatic hydroxyl groups is 1. The van der Waals surface area contributed by atoms with Crippen LogP contribution in [0.3, 0.4) is 0 Å². The Bertz CT molecular complexity index is 886. The summed E-state index contributed by atoms with van der Waals surface area (Å²) in [4.78, 5) is 23.6. The number of fused-ring (bicyclic) bond motifs is 1. The Morgan fingerprint density at radius 3 is 2.47 bits per heavy atom. The minimum absolute atomic E-state index is 0.374. The molecular formula is C23H28N2O7. The molecule has 2 atom stereocenters. The van der Waals surface area contributed by atoms with Crippen molar-refractivity contribution in [2.45, 2.75) is 38.8 Å². The van der Waals surface area contributed by atoms with E-state index in [0.29, 0.717) is 36.7 Å². The molecule has 1 aromatic heterocycles. The first-order valence-corrected chi connectivity index (χ1v) is 10.3. The molecule has 1 aliphatic heterocycles. The van der Waals surface area contributed by atoms with Crippen LogP contribution in [0.5, 0.6) is 5.75 Å². The van der Waals surface area contributed by atoms with E-state index in [9.17, 15) is 14.7 Å². The summed E-state index contributed by atoms with van der Waals surface area (Å²) in [6.45, 7) is 3.92. The lowest BCUT2D eigenvalue weighted by molar-refractivity contribution is -0.134. The highest BCUT2D eigenvalue weighted by Gasteiger charge is 2.23. The van der Waals surface area contributed by atoms with Crippen molar-refractivity contribution < 1.29 is 34.4 Å². The van der Waals surface area contributed by atoms with Crippen molar-refractivity contribution in [3.63, 3.8) is 0 Å². The van der Waals surface area contributed by atoms with Crippen LogP contribution < -0.4 is 10.1 Å². The molecule has 172 valence electrons. The zero-order valence-electron chi connectivity index (χ0n) is 17.8. The van der Waals surface area contributed by atoms with Gasteiger partial charge >= 0.3 is 11.9 Å². The highest BCUT2D eigenvalue weighted by atomic mass is 16.7. The van der Waals surface area contributed by atoms with Crippen molar-refractivity contribution in [3.8, 4) is 5.75 Å². The van der Waals surface area contributed by atoms with E-state index < -0.39 is 24.3 Å². The number of unbranched alkanes of at least 4 members (excludes halogenated alkanes) is 1. The summed E-state index contributed by atoms with van der Waals surface area (Å²) in [6, 6.07) is 13.5. The van der Waals surface area contributed by atoms with Gasteiger partial charge in [0.1, 0.15) is 17.5 Å². The Kier molecular flexibility index (Phi) is 10.3. The summed E-state index contributed by atoms with van der Waals surface area (Å²) in [7, 11) is 0. The monoisotopic (exact) mass is 444 g/mol. The molecule has 4 N–H and O–H groups in total. The summed E-state index contributed by atoms with van der Waals surface area (Å²) >= 11 is 0. The zero-order valence-corrected chi connectivity index (χ0v) is 17.8. The van der Waals surface area contributed by atoms with Crippen molar-refractivity contribution in [3.05, 3.63) is 71.6 Å². The second kappa shape index (κ2) is 13.2. The molecule has 9 nitrogen and oxygen atoms in total. The molecule has 0 radical (unpaired) electrons. The maximum atomic E-state index is 10.2. The highest BCUT2D eigenvalue weighted by Crippen LogP contribution is 2.32. The third-order valence-corrected chi connectivity index (χ3v) is 4.39. The van der Waals surface area contributed by atoms with Crippen LogP contribution >= 0.6 is 0 Å². The summed E-state index contributed by atoms with van der Waals surface area (Å²) < 4.78 is 11.6. The zero-order chi connectivity index (χ0) is 23.3. The number of carbonyl (C=O) groups is 2. The molecule has 0 fully saturated rings. The van der Waals surface area contributed by atoms with Crippen LogP contribution in [-0.2, 0) is 20.9 Å². The number of rotatable bonds is 9. The number of hydrogen-bond acceptors (Lipinski definition) is 7. The summed E-state index contributed by atoms with van der Waals surface area (Å²) in [5.74, 6) is -1.80. The maximum absolute atomic E-state index is 10.2. The summed E-state index contributed by atoms with van der Waals surface area (Å²) in [5.41, 5.74) is 2.35. The second-order valence-electron chi connectivity index (χ2n) is 6.94. The summed E-state index contributed by atoms with van der Waals surface area (Å²) in [6.07, 6.45) is 2.32. The van der Waals surface area contributed by atoms with Gasteiger partial charge in [0.2, 0.25) is 6.29 Å². The van der Waals surface area contributed by atoms with E-state index in [0.717, 1.165) is 30.6 Å². The molecule has 0 aliphatic carbocycles. The Morgan fingerprint density at radius 1 is 1.16 bits per heavy atom. The first kappa shape index (κ1) is 25.0. The molecule has 2 unspecified atom stereocenters. The first-order chi connectivity index (χ1) is 15.4. The highest BCUT2D eigenvalue weighted by molar-refractivity contribution is 5.89. The van der Waals surface area contributed by atoms with Gasteiger partial charge in [0.05, 0.1) is 12.3 Å². The van der Waals surface area contributed by atoms with Gasteiger partial charge in [-0.05, 0) is 25.1 Å². The van der Waals surface area contributed by atoms with Crippen LogP contribution in [0.4, 0.5) is 0 Å². The van der Waals surface area contributed by atoms with E-state index in [1.807, 2.05) is 42.5 Å². The summed E-state index contributed by atoms with van der Waals surface area (Å²) in [5, 5.41) is 29.1. The van der Waals surface area contributed by atoms with E-state index in [4.69, 9.17) is 19.7 Å². The Morgan fingerprint density at radius 2 is 1.84 bits per heavy atom. The minimum atomic E-state index is -1.26. The van der Waals surface area contributed by atoms with Gasteiger partial charge in [0.15, 0.2) is 0 Å². The van der Waals surface area contributed by atoms with E-state index in [1.165, 1.54) is 0 Å². The lowest BCUT2D eigenvalue weighted by Crippen LogP contribution is -2.24. The van der Waals surface area contributed by atoms with Crippen LogP contribution in [0.15, 0.2) is 54.6 Å².